The van der Waals surface area contributed by atoms with Crippen molar-refractivity contribution >= 4 is 0 Å². The summed E-state index contributed by atoms with van der Waals surface area (Å²) in [5.41, 5.74) is 1.32. The molecule has 0 aliphatic heterocycles. The van der Waals surface area contributed by atoms with Crippen molar-refractivity contribution in [1.82, 2.24) is 0 Å². The molecular weight excluding hydrogens is 661 g/mol. The van der Waals surface area contributed by atoms with E-state index in [1.165, 1.54) is 52.9 Å². The van der Waals surface area contributed by atoms with E-state index >= 15 is 0 Å². The van der Waals surface area contributed by atoms with Gasteiger partial charge in [0.2, 0.25) is 0 Å². The van der Waals surface area contributed by atoms with Crippen LogP contribution in [-0.2, 0) is 0 Å². The van der Waals surface area contributed by atoms with Gasteiger partial charge in [-0.25, -0.2) is 0 Å². The van der Waals surface area contributed by atoms with Crippen LogP contribution < -0.4 is 9.47 Å². The van der Waals surface area contributed by atoms with E-state index in [0.29, 0.717) is 11.5 Å². The molecule has 0 saturated heterocycles. The van der Waals surface area contributed by atoms with Gasteiger partial charge in [0.1, 0.15) is 11.5 Å². The molecule has 3 aromatic carbocycles. The van der Waals surface area contributed by atoms with Crippen molar-refractivity contribution in [3.63, 3.8) is 0 Å². The van der Waals surface area contributed by atoms with Crippen molar-refractivity contribution in [2.45, 2.75) is 147 Å². The van der Waals surface area contributed by atoms with Crippen molar-refractivity contribution in [2.24, 2.45) is 47.3 Å². The maximum absolute atomic E-state index is 8.05. The molecular formula is C50H78N2O2. The quantitative estimate of drug-likeness (QED) is 0.246. The third-order valence-electron chi connectivity index (χ3n) is 11.5. The predicted octanol–water partition coefficient (Wildman–Crippen LogP) is 15.5. The normalized spacial score (nSPS) is 25.5. The van der Waals surface area contributed by atoms with Gasteiger partial charge in [-0.1, -0.05) is 148 Å². The summed E-state index contributed by atoms with van der Waals surface area (Å²) in [5, 5.41) is 16.1. The summed E-state index contributed by atoms with van der Waals surface area (Å²) >= 11 is 0. The minimum Gasteiger partial charge on any atom is -0.388 e. The number of aryl methyl sites for hydroxylation is 1. The molecule has 6 fully saturated rings. The zero-order chi connectivity index (χ0) is 39.3. The topological polar surface area (TPSA) is 66.0 Å². The summed E-state index contributed by atoms with van der Waals surface area (Å²) in [6.07, 6.45) is 22.2. The van der Waals surface area contributed by atoms with Gasteiger partial charge in [-0.2, -0.15) is 0 Å². The highest BCUT2D eigenvalue weighted by Gasteiger charge is 2.49. The zero-order valence-corrected chi connectivity index (χ0v) is 35.0. The predicted molar refractivity (Wildman–Crippen MR) is 232 cm³/mol. The van der Waals surface area contributed by atoms with Crippen LogP contribution in [0.1, 0.15) is 145 Å². The van der Waals surface area contributed by atoms with E-state index in [-0.39, 0.29) is 7.43 Å². The summed E-state index contributed by atoms with van der Waals surface area (Å²) in [6.45, 7) is 18.1. The number of hydrogen-bond acceptors (Lipinski definition) is 4. The highest BCUT2D eigenvalue weighted by Crippen LogP contribution is 2.59. The Morgan fingerprint density at radius 3 is 0.907 bits per heavy atom. The molecule has 6 aliphatic rings. The fourth-order valence-corrected chi connectivity index (χ4v) is 9.65. The van der Waals surface area contributed by atoms with Gasteiger partial charge >= 0.3 is 0 Å². The minimum absolute atomic E-state index is 0. The molecule has 4 bridgehead atoms. The molecule has 4 nitrogen and oxygen atoms in total. The summed E-state index contributed by atoms with van der Waals surface area (Å²) in [4.78, 5) is 0. The first-order valence-corrected chi connectivity index (χ1v) is 21.4. The lowest BCUT2D eigenvalue weighted by Crippen LogP contribution is -2.15. The van der Waals surface area contributed by atoms with Crippen LogP contribution in [0.25, 0.3) is 0 Å². The number of hydrogen-bond donors (Lipinski definition) is 0. The van der Waals surface area contributed by atoms with Gasteiger partial charge in [-0.05, 0) is 143 Å². The van der Waals surface area contributed by atoms with E-state index < -0.39 is 0 Å². The van der Waals surface area contributed by atoms with E-state index in [1.54, 1.807) is 114 Å². The van der Waals surface area contributed by atoms with Crippen LogP contribution in [0.5, 0.6) is 11.5 Å². The molecule has 6 aliphatic carbocycles. The van der Waals surface area contributed by atoms with Crippen LogP contribution in [0, 0.1) is 77.3 Å². The van der Waals surface area contributed by atoms with Crippen LogP contribution in [0.4, 0.5) is 0 Å². The number of ether oxygens (including phenoxy) is 2. The Labute approximate surface area is 333 Å². The van der Waals surface area contributed by atoms with E-state index in [1.807, 2.05) is 110 Å². The first-order valence-electron chi connectivity index (χ1n) is 21.4. The summed E-state index contributed by atoms with van der Waals surface area (Å²) in [7, 11) is 0. The first kappa shape index (κ1) is 50.2. The second kappa shape index (κ2) is 31.6. The van der Waals surface area contributed by atoms with Crippen LogP contribution in [0.3, 0.4) is 0 Å². The van der Waals surface area contributed by atoms with E-state index in [9.17, 15) is 0 Å². The molecule has 3 aromatic rings. The number of fused-ring (bicyclic) bond motifs is 10. The number of rotatable bonds is 2. The Hall–Kier alpha value is -3.76. The van der Waals surface area contributed by atoms with Crippen LogP contribution in [0.2, 0.25) is 0 Å². The Bertz CT molecular complexity index is 1230. The second-order valence-electron chi connectivity index (χ2n) is 13.9. The Kier molecular flexibility index (Phi) is 29.4. The Balaban J connectivity index is 0.000000621. The highest BCUT2D eigenvalue weighted by atomic mass is 16.5. The number of para-hydroxylation sites is 2. The summed E-state index contributed by atoms with van der Waals surface area (Å²) in [5.74, 6) is 10.8. The third-order valence-corrected chi connectivity index (χ3v) is 11.5. The largest absolute Gasteiger partial charge is 0.388 e. The standard InChI is InChI=1S/2C10H16.2C7H5NO.C7H8.4C2H6.CH4/c2*1-2-9-7-4-5-8(6-7)10(9)3-1;2*8-6-9-7-4-2-1-3-5-7;1-7-5-3-2-4-6-7;4*1-2;/h2*7-10H,1-6H2;2*1-5H;2-6H,1H3;4*1-2H3;1H4. The lowest BCUT2D eigenvalue weighted by molar-refractivity contribution is 0.259. The van der Waals surface area contributed by atoms with Crippen LogP contribution >= 0.6 is 0 Å². The van der Waals surface area contributed by atoms with Crippen molar-refractivity contribution in [3.8, 4) is 24.0 Å². The van der Waals surface area contributed by atoms with E-state index in [0.717, 1.165) is 0 Å². The molecule has 300 valence electrons. The van der Waals surface area contributed by atoms with Gasteiger partial charge < -0.3 is 9.47 Å². The van der Waals surface area contributed by atoms with Gasteiger partial charge in [-0.15, -0.1) is 10.5 Å². The van der Waals surface area contributed by atoms with Gasteiger partial charge in [0, 0.05) is 0 Å². The molecule has 6 saturated carbocycles. The van der Waals surface area contributed by atoms with Gasteiger partial charge in [0.25, 0.3) is 12.5 Å². The van der Waals surface area contributed by atoms with Crippen molar-refractivity contribution in [1.29, 1.82) is 10.5 Å². The number of benzene rings is 3. The highest BCUT2D eigenvalue weighted by molar-refractivity contribution is 5.22. The lowest BCUT2D eigenvalue weighted by Gasteiger charge is -2.23. The maximum Gasteiger partial charge on any atom is 0.292 e. The average molecular weight is 739 g/mol. The van der Waals surface area contributed by atoms with Crippen molar-refractivity contribution < 1.29 is 9.47 Å². The van der Waals surface area contributed by atoms with Gasteiger partial charge in [0.15, 0.2) is 0 Å². The van der Waals surface area contributed by atoms with Crippen molar-refractivity contribution in [2.75, 3.05) is 0 Å². The zero-order valence-electron chi connectivity index (χ0n) is 35.0. The van der Waals surface area contributed by atoms with Crippen LogP contribution in [0.15, 0.2) is 91.0 Å². The average Bonchev–Trinajstić information content (AvgIpc) is 4.09. The second-order valence-corrected chi connectivity index (χ2v) is 13.9. The first-order chi connectivity index (χ1) is 26.2. The molecule has 0 amide bonds. The van der Waals surface area contributed by atoms with Crippen molar-refractivity contribution in [3.05, 3.63) is 96.6 Å². The molecule has 0 N–H and O–H groups in total. The molecule has 8 atom stereocenters. The maximum atomic E-state index is 8.05. The van der Waals surface area contributed by atoms with Crippen LogP contribution in [-0.4, -0.2) is 0 Å². The fourth-order valence-electron chi connectivity index (χ4n) is 9.65. The fraction of sp³-hybridized carbons (Fsp3) is 0.600. The number of nitrogens with zero attached hydrogens (tertiary/aromatic N) is 2. The van der Waals surface area contributed by atoms with E-state index in [2.05, 4.69) is 28.5 Å². The molecule has 0 radical (unpaired) electrons. The number of nitriles is 2. The summed E-state index contributed by atoms with van der Waals surface area (Å²) < 4.78 is 9.02. The molecule has 54 heavy (non-hydrogen) atoms. The molecule has 0 aromatic heterocycles. The summed E-state index contributed by atoms with van der Waals surface area (Å²) in [6, 6.07) is 28.1. The SMILES string of the molecule is C.C1CC2C3CCC(C3)C2C1.C1CC2C3CCC(C3)C2C1.CC.CC.CC.CC.Cc1ccccc1.N#COc1ccccc1.N#COc1ccccc1. The smallest absolute Gasteiger partial charge is 0.292 e. The molecule has 0 spiro atoms. The van der Waals surface area contributed by atoms with Gasteiger partial charge in [-0.3, -0.25) is 0 Å². The lowest BCUT2D eigenvalue weighted by atomic mass is 9.82. The van der Waals surface area contributed by atoms with Gasteiger partial charge in [0.05, 0.1) is 0 Å². The van der Waals surface area contributed by atoms with E-state index in [4.69, 9.17) is 10.5 Å². The minimum atomic E-state index is 0. The molecule has 9 rings (SSSR count). The Morgan fingerprint density at radius 1 is 0.426 bits per heavy atom. The third kappa shape index (κ3) is 16.7. The molecule has 8 unspecified atom stereocenters. The monoisotopic (exact) mass is 739 g/mol. The molecule has 4 heteroatoms. The Morgan fingerprint density at radius 2 is 0.685 bits per heavy atom. The molecule has 0 heterocycles.